The van der Waals surface area contributed by atoms with Gasteiger partial charge in [0.15, 0.2) is 0 Å². The van der Waals surface area contributed by atoms with Crippen LogP contribution in [0.15, 0.2) is 4.79 Å². The third-order valence-electron chi connectivity index (χ3n) is 4.95. The third-order valence-corrected chi connectivity index (χ3v) is 6.14. The number of hydrogen-bond donors (Lipinski definition) is 2. The monoisotopic (exact) mass is 409 g/mol. The van der Waals surface area contributed by atoms with Gasteiger partial charge in [0, 0.05) is 25.1 Å². The lowest BCUT2D eigenvalue weighted by molar-refractivity contribution is -0.0124. The number of aliphatic hydroxyl groups excluding tert-OH is 1. The summed E-state index contributed by atoms with van der Waals surface area (Å²) in [4.78, 5) is 24.6. The van der Waals surface area contributed by atoms with Crippen LogP contribution in [0.2, 0.25) is 0 Å². The van der Waals surface area contributed by atoms with Crippen LogP contribution in [-0.4, -0.2) is 65.6 Å². The van der Waals surface area contributed by atoms with Crippen LogP contribution >= 0.6 is 11.3 Å². The second-order valence-electron chi connectivity index (χ2n) is 7.67. The Morgan fingerprint density at radius 2 is 2.11 bits per heavy atom. The second-order valence-corrected chi connectivity index (χ2v) is 8.75. The Hall–Kier alpha value is -1.32. The van der Waals surface area contributed by atoms with E-state index in [1.165, 1.54) is 16.9 Å². The molecule has 156 valence electrons. The van der Waals surface area contributed by atoms with E-state index in [0.29, 0.717) is 32.1 Å². The minimum atomic E-state index is -0.608. The minimum absolute atomic E-state index is 0.0465. The molecular weight excluding hydrogens is 378 g/mol. The summed E-state index contributed by atoms with van der Waals surface area (Å²) in [6, 6.07) is 0. The largest absolute Gasteiger partial charge is 0.389 e. The second kappa shape index (κ2) is 9.93. The van der Waals surface area contributed by atoms with Crippen molar-refractivity contribution >= 4 is 21.6 Å². The number of aryl methyl sites for hydroxylation is 2. The van der Waals surface area contributed by atoms with E-state index in [4.69, 9.17) is 14.5 Å². The number of aliphatic hydroxyl groups is 1. The normalized spacial score (nSPS) is 15.5. The van der Waals surface area contributed by atoms with Crippen molar-refractivity contribution in [1.29, 1.82) is 0 Å². The highest BCUT2D eigenvalue weighted by molar-refractivity contribution is 7.18. The molecule has 28 heavy (non-hydrogen) atoms. The van der Waals surface area contributed by atoms with Crippen LogP contribution in [0.25, 0.3) is 10.2 Å². The van der Waals surface area contributed by atoms with Crippen molar-refractivity contribution in [3.63, 3.8) is 0 Å². The molecule has 1 unspecified atom stereocenters. The molecule has 3 rings (SSSR count). The zero-order chi connectivity index (χ0) is 20.1. The Morgan fingerprint density at radius 1 is 1.32 bits per heavy atom. The maximum atomic E-state index is 12.7. The first-order chi connectivity index (χ1) is 13.5. The molecule has 8 heteroatoms. The van der Waals surface area contributed by atoms with E-state index in [-0.39, 0.29) is 18.3 Å². The van der Waals surface area contributed by atoms with Crippen molar-refractivity contribution in [2.24, 2.45) is 0 Å². The van der Waals surface area contributed by atoms with E-state index >= 15 is 0 Å². The van der Waals surface area contributed by atoms with Gasteiger partial charge in [-0.1, -0.05) is 0 Å². The van der Waals surface area contributed by atoms with Crippen LogP contribution in [0, 0.1) is 0 Å². The Balaban J connectivity index is 1.76. The molecule has 2 N–H and O–H groups in total. The Labute approximate surface area is 169 Å². The van der Waals surface area contributed by atoms with Gasteiger partial charge in [-0.05, 0) is 45.1 Å². The zero-order valence-corrected chi connectivity index (χ0v) is 17.8. The van der Waals surface area contributed by atoms with Gasteiger partial charge in [-0.3, -0.25) is 9.69 Å². The van der Waals surface area contributed by atoms with Crippen molar-refractivity contribution < 1.29 is 14.6 Å². The van der Waals surface area contributed by atoms with E-state index in [2.05, 4.69) is 4.98 Å². The van der Waals surface area contributed by atoms with Crippen LogP contribution in [0.3, 0.4) is 0 Å². The maximum absolute atomic E-state index is 12.7. The van der Waals surface area contributed by atoms with E-state index in [9.17, 15) is 9.90 Å². The summed E-state index contributed by atoms with van der Waals surface area (Å²) in [5.74, 6) is 0.629. The molecule has 2 aromatic rings. The topological polar surface area (TPSA) is 87.7 Å². The summed E-state index contributed by atoms with van der Waals surface area (Å²) in [7, 11) is 1.65. The number of nitrogens with one attached hydrogen (secondary N) is 1. The zero-order valence-electron chi connectivity index (χ0n) is 17.0. The third kappa shape index (κ3) is 5.39. The molecule has 1 aliphatic carbocycles. The predicted octanol–water partition coefficient (Wildman–Crippen LogP) is 2.10. The summed E-state index contributed by atoms with van der Waals surface area (Å²) in [6.45, 7) is 6.23. The van der Waals surface area contributed by atoms with E-state index in [1.54, 1.807) is 18.4 Å². The SMILES string of the molecule is COCCN(Cc1nc2sc3c(c2c(=O)[nH]1)CCCC3)CC(O)COC(C)C. The van der Waals surface area contributed by atoms with Gasteiger partial charge >= 0.3 is 0 Å². The van der Waals surface area contributed by atoms with E-state index in [1.807, 2.05) is 18.7 Å². The molecule has 0 spiro atoms. The summed E-state index contributed by atoms with van der Waals surface area (Å²) in [5.41, 5.74) is 1.15. The van der Waals surface area contributed by atoms with E-state index < -0.39 is 6.10 Å². The smallest absolute Gasteiger partial charge is 0.259 e. The number of fused-ring (bicyclic) bond motifs is 3. The molecular formula is C20H31N3O4S. The van der Waals surface area contributed by atoms with Crippen LogP contribution in [-0.2, 0) is 28.9 Å². The molecule has 0 aliphatic heterocycles. The van der Waals surface area contributed by atoms with Gasteiger partial charge in [-0.25, -0.2) is 4.98 Å². The average Bonchev–Trinajstić information content (AvgIpc) is 3.03. The number of thiophene rings is 1. The quantitative estimate of drug-likeness (QED) is 0.625. The van der Waals surface area contributed by atoms with Gasteiger partial charge in [0.05, 0.1) is 37.4 Å². The lowest BCUT2D eigenvalue weighted by Crippen LogP contribution is -2.37. The lowest BCUT2D eigenvalue weighted by Gasteiger charge is -2.24. The number of hydrogen-bond acceptors (Lipinski definition) is 7. The molecule has 0 fully saturated rings. The standard InChI is InChI=1S/C20H31N3O4S/c1-13(2)27-12-14(24)10-23(8-9-26-3)11-17-21-19(25)18-15-6-4-5-7-16(15)28-20(18)22-17/h13-14,24H,4-12H2,1-3H3,(H,21,22,25). The number of methoxy groups -OCH3 is 1. The summed E-state index contributed by atoms with van der Waals surface area (Å²) in [6.07, 6.45) is 3.82. The Morgan fingerprint density at radius 3 is 2.86 bits per heavy atom. The molecule has 1 atom stereocenters. The van der Waals surface area contributed by atoms with Crippen molar-refractivity contribution in [2.75, 3.05) is 33.4 Å². The Kier molecular flexibility index (Phi) is 7.59. The van der Waals surface area contributed by atoms with Gasteiger partial charge in [0.25, 0.3) is 5.56 Å². The van der Waals surface area contributed by atoms with Crippen LogP contribution < -0.4 is 5.56 Å². The first-order valence-electron chi connectivity index (χ1n) is 10.0. The maximum Gasteiger partial charge on any atom is 0.259 e. The first kappa shape index (κ1) is 21.4. The highest BCUT2D eigenvalue weighted by atomic mass is 32.1. The molecule has 2 heterocycles. The highest BCUT2D eigenvalue weighted by Crippen LogP contribution is 2.33. The molecule has 0 radical (unpaired) electrons. The number of H-pyrrole nitrogens is 1. The molecule has 1 aliphatic rings. The minimum Gasteiger partial charge on any atom is -0.389 e. The molecule has 0 amide bonds. The average molecular weight is 410 g/mol. The molecule has 0 bridgehead atoms. The summed E-state index contributed by atoms with van der Waals surface area (Å²) < 4.78 is 10.7. The van der Waals surface area contributed by atoms with Gasteiger partial charge in [-0.2, -0.15) is 0 Å². The number of ether oxygens (including phenoxy) is 2. The number of aromatic nitrogens is 2. The summed E-state index contributed by atoms with van der Waals surface area (Å²) in [5, 5.41) is 11.1. The van der Waals surface area contributed by atoms with Gasteiger partial charge in [0.1, 0.15) is 10.7 Å². The molecule has 0 saturated carbocycles. The molecule has 2 aromatic heterocycles. The van der Waals surface area contributed by atoms with Crippen molar-refractivity contribution in [3.05, 3.63) is 26.6 Å². The van der Waals surface area contributed by atoms with Crippen molar-refractivity contribution in [3.8, 4) is 0 Å². The fraction of sp³-hybridized carbons (Fsp3) is 0.700. The van der Waals surface area contributed by atoms with Gasteiger partial charge < -0.3 is 19.6 Å². The number of aromatic amines is 1. The van der Waals surface area contributed by atoms with Crippen molar-refractivity contribution in [2.45, 2.75) is 58.3 Å². The first-order valence-corrected chi connectivity index (χ1v) is 10.8. The number of nitrogens with zero attached hydrogens (tertiary/aromatic N) is 2. The lowest BCUT2D eigenvalue weighted by atomic mass is 9.97. The molecule has 7 nitrogen and oxygen atoms in total. The van der Waals surface area contributed by atoms with Crippen LogP contribution in [0.1, 0.15) is 43.0 Å². The predicted molar refractivity (Wildman–Crippen MR) is 111 cm³/mol. The van der Waals surface area contributed by atoms with Crippen LogP contribution in [0.4, 0.5) is 0 Å². The molecule has 0 saturated heterocycles. The number of rotatable bonds is 10. The van der Waals surface area contributed by atoms with Crippen molar-refractivity contribution in [1.82, 2.24) is 14.9 Å². The van der Waals surface area contributed by atoms with Gasteiger partial charge in [-0.15, -0.1) is 11.3 Å². The molecule has 0 aromatic carbocycles. The van der Waals surface area contributed by atoms with Gasteiger partial charge in [0.2, 0.25) is 0 Å². The fourth-order valence-electron chi connectivity index (χ4n) is 3.60. The summed E-state index contributed by atoms with van der Waals surface area (Å²) >= 11 is 1.65. The fourth-order valence-corrected chi connectivity index (χ4v) is 4.89. The van der Waals surface area contributed by atoms with E-state index in [0.717, 1.165) is 29.5 Å². The Bertz CT molecular complexity index is 833. The van der Waals surface area contributed by atoms with Crippen LogP contribution in [0.5, 0.6) is 0 Å². The highest BCUT2D eigenvalue weighted by Gasteiger charge is 2.21.